The van der Waals surface area contributed by atoms with Crippen LogP contribution >= 0.6 is 0 Å². The SMILES string of the molecule is CC(=O)CC1CC(C)(F)C1. The molecule has 0 heterocycles. The molecule has 0 spiro atoms. The Morgan fingerprint density at radius 1 is 1.70 bits per heavy atom. The van der Waals surface area contributed by atoms with E-state index in [2.05, 4.69) is 0 Å². The zero-order valence-electron chi connectivity index (χ0n) is 6.48. The molecule has 1 aliphatic carbocycles. The molecule has 0 bridgehead atoms. The summed E-state index contributed by atoms with van der Waals surface area (Å²) in [5.41, 5.74) is -0.972. The Kier molecular flexibility index (Phi) is 1.80. The van der Waals surface area contributed by atoms with Crippen LogP contribution in [0.5, 0.6) is 0 Å². The van der Waals surface area contributed by atoms with E-state index in [0.717, 1.165) is 0 Å². The van der Waals surface area contributed by atoms with Gasteiger partial charge in [-0.15, -0.1) is 0 Å². The van der Waals surface area contributed by atoms with Crippen molar-refractivity contribution in [2.24, 2.45) is 5.92 Å². The predicted octanol–water partition coefficient (Wildman–Crippen LogP) is 2.10. The number of ketones is 1. The summed E-state index contributed by atoms with van der Waals surface area (Å²) < 4.78 is 12.8. The van der Waals surface area contributed by atoms with Gasteiger partial charge >= 0.3 is 0 Å². The number of carbonyl (C=O) groups is 1. The lowest BCUT2D eigenvalue weighted by molar-refractivity contribution is -0.119. The molecule has 0 N–H and O–H groups in total. The number of rotatable bonds is 2. The van der Waals surface area contributed by atoms with Gasteiger partial charge in [0.05, 0.1) is 0 Å². The van der Waals surface area contributed by atoms with E-state index in [1.807, 2.05) is 0 Å². The maximum Gasteiger partial charge on any atom is 0.130 e. The van der Waals surface area contributed by atoms with Crippen LogP contribution in [-0.2, 0) is 4.79 Å². The normalized spacial score (nSPS) is 38.9. The third-order valence-electron chi connectivity index (χ3n) is 2.00. The van der Waals surface area contributed by atoms with Crippen molar-refractivity contribution >= 4 is 5.78 Å². The molecule has 0 radical (unpaired) electrons. The highest BCUT2D eigenvalue weighted by Crippen LogP contribution is 2.42. The molecule has 1 saturated carbocycles. The van der Waals surface area contributed by atoms with Crippen LogP contribution in [0.4, 0.5) is 4.39 Å². The monoisotopic (exact) mass is 144 g/mol. The van der Waals surface area contributed by atoms with Gasteiger partial charge in [0.15, 0.2) is 0 Å². The van der Waals surface area contributed by atoms with Crippen LogP contribution in [0.15, 0.2) is 0 Å². The summed E-state index contributed by atoms with van der Waals surface area (Å²) in [4.78, 5) is 10.5. The van der Waals surface area contributed by atoms with Crippen LogP contribution in [0.3, 0.4) is 0 Å². The van der Waals surface area contributed by atoms with Crippen LogP contribution in [-0.4, -0.2) is 11.5 Å². The smallest absolute Gasteiger partial charge is 0.130 e. The zero-order valence-corrected chi connectivity index (χ0v) is 6.48. The Hall–Kier alpha value is -0.400. The first-order chi connectivity index (χ1) is 4.49. The fraction of sp³-hybridized carbons (Fsp3) is 0.875. The molecule has 1 fully saturated rings. The Morgan fingerprint density at radius 3 is 2.50 bits per heavy atom. The van der Waals surface area contributed by atoms with Gasteiger partial charge in [-0.3, -0.25) is 0 Å². The number of alkyl halides is 1. The van der Waals surface area contributed by atoms with Crippen molar-refractivity contribution in [1.29, 1.82) is 0 Å². The summed E-state index contributed by atoms with van der Waals surface area (Å²) in [5.74, 6) is 0.507. The molecule has 58 valence electrons. The number of carbonyl (C=O) groups excluding carboxylic acids is 1. The summed E-state index contributed by atoms with van der Waals surface area (Å²) in [6, 6.07) is 0. The predicted molar refractivity (Wildman–Crippen MR) is 37.5 cm³/mol. The topological polar surface area (TPSA) is 17.1 Å². The first-order valence-electron chi connectivity index (χ1n) is 3.68. The summed E-state index contributed by atoms with van der Waals surface area (Å²) in [6.07, 6.45) is 1.72. The van der Waals surface area contributed by atoms with Gasteiger partial charge in [0, 0.05) is 6.42 Å². The van der Waals surface area contributed by atoms with Gasteiger partial charge in [0.25, 0.3) is 0 Å². The van der Waals surface area contributed by atoms with Crippen LogP contribution in [0.2, 0.25) is 0 Å². The average molecular weight is 144 g/mol. The van der Waals surface area contributed by atoms with E-state index in [9.17, 15) is 9.18 Å². The largest absolute Gasteiger partial charge is 0.300 e. The molecule has 1 nitrogen and oxygen atoms in total. The molecule has 10 heavy (non-hydrogen) atoms. The molecule has 0 atom stereocenters. The Morgan fingerprint density at radius 2 is 2.20 bits per heavy atom. The van der Waals surface area contributed by atoms with Gasteiger partial charge < -0.3 is 4.79 Å². The van der Waals surface area contributed by atoms with Gasteiger partial charge in [-0.2, -0.15) is 0 Å². The van der Waals surface area contributed by atoms with Crippen LogP contribution in [0.25, 0.3) is 0 Å². The molecular weight excluding hydrogens is 131 g/mol. The van der Waals surface area contributed by atoms with E-state index in [-0.39, 0.29) is 5.78 Å². The highest BCUT2D eigenvalue weighted by atomic mass is 19.1. The third-order valence-corrected chi connectivity index (χ3v) is 2.00. The number of halogens is 1. The molecule has 0 aromatic carbocycles. The lowest BCUT2D eigenvalue weighted by atomic mass is 9.71. The van der Waals surface area contributed by atoms with E-state index in [1.54, 1.807) is 13.8 Å². The highest BCUT2D eigenvalue weighted by molar-refractivity contribution is 5.75. The summed E-state index contributed by atoms with van der Waals surface area (Å²) >= 11 is 0. The lowest BCUT2D eigenvalue weighted by Gasteiger charge is -2.38. The minimum atomic E-state index is -0.972. The molecule has 0 unspecified atom stereocenters. The fourth-order valence-electron chi connectivity index (χ4n) is 1.69. The summed E-state index contributed by atoms with van der Waals surface area (Å²) in [5, 5.41) is 0. The molecule has 0 aromatic heterocycles. The lowest BCUT2D eigenvalue weighted by Crippen LogP contribution is -2.37. The van der Waals surface area contributed by atoms with E-state index >= 15 is 0 Å². The van der Waals surface area contributed by atoms with Crippen molar-refractivity contribution in [3.8, 4) is 0 Å². The minimum absolute atomic E-state index is 0.181. The van der Waals surface area contributed by atoms with E-state index in [4.69, 9.17) is 0 Å². The van der Waals surface area contributed by atoms with Gasteiger partial charge in [-0.05, 0) is 32.6 Å². The van der Waals surface area contributed by atoms with Crippen molar-refractivity contribution < 1.29 is 9.18 Å². The molecule has 1 rings (SSSR count). The average Bonchev–Trinajstić information content (AvgIpc) is 1.57. The van der Waals surface area contributed by atoms with Crippen molar-refractivity contribution in [1.82, 2.24) is 0 Å². The summed E-state index contributed by atoms with van der Waals surface area (Å²) in [6.45, 7) is 3.16. The first-order valence-corrected chi connectivity index (χ1v) is 3.68. The van der Waals surface area contributed by atoms with Gasteiger partial charge in [-0.25, -0.2) is 4.39 Å². The van der Waals surface area contributed by atoms with E-state index < -0.39 is 5.67 Å². The van der Waals surface area contributed by atoms with Crippen LogP contribution in [0.1, 0.15) is 33.1 Å². The van der Waals surface area contributed by atoms with E-state index in [0.29, 0.717) is 25.2 Å². The van der Waals surface area contributed by atoms with Crippen molar-refractivity contribution in [3.63, 3.8) is 0 Å². The number of hydrogen-bond acceptors (Lipinski definition) is 1. The Bertz CT molecular complexity index is 143. The molecule has 0 saturated heterocycles. The molecule has 0 amide bonds. The van der Waals surface area contributed by atoms with Crippen LogP contribution < -0.4 is 0 Å². The van der Waals surface area contributed by atoms with Crippen molar-refractivity contribution in [2.45, 2.75) is 38.8 Å². The quantitative estimate of drug-likeness (QED) is 0.580. The van der Waals surface area contributed by atoms with Gasteiger partial charge in [0.1, 0.15) is 11.5 Å². The second kappa shape index (κ2) is 2.33. The second-order valence-electron chi connectivity index (χ2n) is 3.59. The number of hydrogen-bond donors (Lipinski definition) is 0. The molecular formula is C8H13FO. The highest BCUT2D eigenvalue weighted by Gasteiger charge is 2.40. The Balaban J connectivity index is 2.21. The third kappa shape index (κ3) is 1.79. The van der Waals surface area contributed by atoms with Crippen molar-refractivity contribution in [3.05, 3.63) is 0 Å². The number of Topliss-reactive ketones (excluding diaryl/α,β-unsaturated/α-hetero) is 1. The molecule has 2 heteroatoms. The Labute approximate surface area is 60.6 Å². The van der Waals surface area contributed by atoms with Gasteiger partial charge in [0.2, 0.25) is 0 Å². The maximum atomic E-state index is 12.8. The molecule has 0 aliphatic heterocycles. The standard InChI is InChI=1S/C8H13FO/c1-6(10)3-7-4-8(2,9)5-7/h7H,3-5H2,1-2H3. The maximum absolute atomic E-state index is 12.8. The van der Waals surface area contributed by atoms with Crippen LogP contribution in [0, 0.1) is 5.92 Å². The van der Waals surface area contributed by atoms with Crippen molar-refractivity contribution in [2.75, 3.05) is 0 Å². The minimum Gasteiger partial charge on any atom is -0.300 e. The first kappa shape index (κ1) is 7.70. The fourth-order valence-corrected chi connectivity index (χ4v) is 1.69. The summed E-state index contributed by atoms with van der Waals surface area (Å²) in [7, 11) is 0. The van der Waals surface area contributed by atoms with E-state index in [1.165, 1.54) is 0 Å². The molecule has 0 aromatic rings. The zero-order chi connectivity index (χ0) is 7.78. The van der Waals surface area contributed by atoms with Gasteiger partial charge in [-0.1, -0.05) is 0 Å². The second-order valence-corrected chi connectivity index (χ2v) is 3.59. The molecule has 1 aliphatic rings.